The summed E-state index contributed by atoms with van der Waals surface area (Å²) >= 11 is 0. The number of hydrogen-bond acceptors (Lipinski definition) is 6. The van der Waals surface area contributed by atoms with Gasteiger partial charge in [-0.25, -0.2) is 9.97 Å². The maximum absolute atomic E-state index is 12.4. The second-order valence-corrected chi connectivity index (χ2v) is 5.09. The lowest BCUT2D eigenvalue weighted by molar-refractivity contribution is -0.0249. The van der Waals surface area contributed by atoms with Gasteiger partial charge in [-0.1, -0.05) is 0 Å². The van der Waals surface area contributed by atoms with Gasteiger partial charge in [0.15, 0.2) is 5.69 Å². The van der Waals surface area contributed by atoms with Crippen LogP contribution < -0.4 is 0 Å². The van der Waals surface area contributed by atoms with Crippen LogP contribution in [0.4, 0.5) is 0 Å². The molecule has 7 heteroatoms. The normalized spacial score (nSPS) is 18.2. The highest BCUT2D eigenvalue weighted by Crippen LogP contribution is 2.13. The SMILES string of the molecule is O=C(c1cccnn1)N1CCO[C@H](CCc2ccncn2)C1. The van der Waals surface area contributed by atoms with Crippen LogP contribution in [-0.2, 0) is 11.2 Å². The smallest absolute Gasteiger partial charge is 0.274 e. The van der Waals surface area contributed by atoms with Gasteiger partial charge in [0.05, 0.1) is 12.7 Å². The van der Waals surface area contributed by atoms with Gasteiger partial charge in [0.1, 0.15) is 6.33 Å². The molecule has 0 spiro atoms. The zero-order chi connectivity index (χ0) is 15.2. The first-order valence-electron chi connectivity index (χ1n) is 7.26. The molecule has 1 amide bonds. The van der Waals surface area contributed by atoms with Crippen molar-refractivity contribution < 1.29 is 9.53 Å². The number of carbonyl (C=O) groups is 1. The number of morpholine rings is 1. The minimum atomic E-state index is -0.0940. The Hall–Kier alpha value is -2.41. The molecule has 0 saturated carbocycles. The van der Waals surface area contributed by atoms with Gasteiger partial charge in [0, 0.05) is 31.2 Å². The van der Waals surface area contributed by atoms with Gasteiger partial charge >= 0.3 is 0 Å². The van der Waals surface area contributed by atoms with E-state index < -0.39 is 0 Å². The molecule has 1 saturated heterocycles. The molecule has 0 radical (unpaired) electrons. The molecule has 22 heavy (non-hydrogen) atoms. The third kappa shape index (κ3) is 3.62. The molecule has 2 aromatic heterocycles. The maximum Gasteiger partial charge on any atom is 0.274 e. The molecule has 1 aliphatic heterocycles. The Labute approximate surface area is 128 Å². The molecule has 0 N–H and O–H groups in total. The van der Waals surface area contributed by atoms with E-state index in [2.05, 4.69) is 20.2 Å². The summed E-state index contributed by atoms with van der Waals surface area (Å²) in [7, 11) is 0. The zero-order valence-corrected chi connectivity index (χ0v) is 12.1. The predicted octanol–water partition coefficient (Wildman–Crippen LogP) is 0.740. The van der Waals surface area contributed by atoms with Gasteiger partial charge in [-0.05, 0) is 31.0 Å². The summed E-state index contributed by atoms with van der Waals surface area (Å²) in [5.41, 5.74) is 1.36. The van der Waals surface area contributed by atoms with Crippen molar-refractivity contribution in [3.8, 4) is 0 Å². The number of ether oxygens (including phenoxy) is 1. The highest BCUT2D eigenvalue weighted by atomic mass is 16.5. The third-order valence-corrected chi connectivity index (χ3v) is 3.58. The topological polar surface area (TPSA) is 81.1 Å². The highest BCUT2D eigenvalue weighted by molar-refractivity contribution is 5.92. The minimum Gasteiger partial charge on any atom is -0.375 e. The molecular formula is C15H17N5O2. The molecule has 1 atom stereocenters. The number of hydrogen-bond donors (Lipinski definition) is 0. The van der Waals surface area contributed by atoms with E-state index in [0.717, 1.165) is 18.5 Å². The lowest BCUT2D eigenvalue weighted by Gasteiger charge is -2.32. The van der Waals surface area contributed by atoms with Crippen molar-refractivity contribution in [1.29, 1.82) is 0 Å². The van der Waals surface area contributed by atoms with Crippen molar-refractivity contribution in [2.45, 2.75) is 18.9 Å². The van der Waals surface area contributed by atoms with Gasteiger partial charge in [0.2, 0.25) is 0 Å². The minimum absolute atomic E-state index is 0.0179. The van der Waals surface area contributed by atoms with E-state index in [1.807, 2.05) is 6.07 Å². The van der Waals surface area contributed by atoms with Gasteiger partial charge < -0.3 is 9.64 Å². The fourth-order valence-corrected chi connectivity index (χ4v) is 2.43. The highest BCUT2D eigenvalue weighted by Gasteiger charge is 2.25. The quantitative estimate of drug-likeness (QED) is 0.828. The number of aryl methyl sites for hydroxylation is 1. The first-order chi connectivity index (χ1) is 10.8. The molecule has 3 heterocycles. The number of amides is 1. The van der Waals surface area contributed by atoms with Crippen molar-refractivity contribution in [2.75, 3.05) is 19.7 Å². The molecule has 114 valence electrons. The maximum atomic E-state index is 12.4. The second-order valence-electron chi connectivity index (χ2n) is 5.09. The lowest BCUT2D eigenvalue weighted by Crippen LogP contribution is -2.46. The van der Waals surface area contributed by atoms with Gasteiger partial charge in [0.25, 0.3) is 5.91 Å². The van der Waals surface area contributed by atoms with Crippen LogP contribution in [-0.4, -0.2) is 56.8 Å². The second kappa shape index (κ2) is 7.04. The standard InChI is InChI=1S/C15H17N5O2/c21-15(14-2-1-6-18-19-14)20-8-9-22-13(10-20)4-3-12-5-7-16-11-17-12/h1-2,5-7,11,13H,3-4,8-10H2/t13-/m1/s1. The Balaban J connectivity index is 1.56. The largest absolute Gasteiger partial charge is 0.375 e. The first kappa shape index (κ1) is 14.5. The van der Waals surface area contributed by atoms with E-state index in [-0.39, 0.29) is 12.0 Å². The van der Waals surface area contributed by atoms with E-state index in [4.69, 9.17) is 4.74 Å². The molecule has 0 aromatic carbocycles. The van der Waals surface area contributed by atoms with Gasteiger partial charge in [-0.15, -0.1) is 5.10 Å². The Morgan fingerprint density at radius 3 is 3.09 bits per heavy atom. The molecular weight excluding hydrogens is 282 g/mol. The lowest BCUT2D eigenvalue weighted by atomic mass is 10.1. The molecule has 1 aliphatic rings. The van der Waals surface area contributed by atoms with Crippen molar-refractivity contribution in [3.63, 3.8) is 0 Å². The summed E-state index contributed by atoms with van der Waals surface area (Å²) in [4.78, 5) is 22.2. The Morgan fingerprint density at radius 1 is 1.36 bits per heavy atom. The average molecular weight is 299 g/mol. The molecule has 0 bridgehead atoms. The Bertz CT molecular complexity index is 608. The summed E-state index contributed by atoms with van der Waals surface area (Å²) < 4.78 is 5.74. The number of aromatic nitrogens is 4. The fourth-order valence-electron chi connectivity index (χ4n) is 2.43. The molecule has 1 fully saturated rings. The van der Waals surface area contributed by atoms with Crippen molar-refractivity contribution in [1.82, 2.24) is 25.1 Å². The predicted molar refractivity (Wildman–Crippen MR) is 78.0 cm³/mol. The van der Waals surface area contributed by atoms with Crippen LogP contribution in [0.3, 0.4) is 0 Å². The van der Waals surface area contributed by atoms with Crippen molar-refractivity contribution >= 4 is 5.91 Å². The van der Waals surface area contributed by atoms with E-state index in [9.17, 15) is 4.79 Å². The number of rotatable bonds is 4. The van der Waals surface area contributed by atoms with Crippen LogP contribution in [0.15, 0.2) is 36.9 Å². The van der Waals surface area contributed by atoms with E-state index >= 15 is 0 Å². The molecule has 0 aliphatic carbocycles. The molecule has 2 aromatic rings. The van der Waals surface area contributed by atoms with Crippen LogP contribution in [0, 0.1) is 0 Å². The van der Waals surface area contributed by atoms with Gasteiger partial charge in [-0.2, -0.15) is 5.10 Å². The zero-order valence-electron chi connectivity index (χ0n) is 12.1. The number of carbonyl (C=O) groups excluding carboxylic acids is 1. The Morgan fingerprint density at radius 2 is 2.32 bits per heavy atom. The third-order valence-electron chi connectivity index (χ3n) is 3.58. The molecule has 7 nitrogen and oxygen atoms in total. The molecule has 0 unspecified atom stereocenters. The monoisotopic (exact) mass is 299 g/mol. The van der Waals surface area contributed by atoms with Crippen LogP contribution in [0.2, 0.25) is 0 Å². The van der Waals surface area contributed by atoms with Crippen molar-refractivity contribution in [3.05, 3.63) is 48.3 Å². The van der Waals surface area contributed by atoms with Crippen LogP contribution in [0.5, 0.6) is 0 Å². The van der Waals surface area contributed by atoms with E-state index in [1.54, 1.807) is 35.8 Å². The van der Waals surface area contributed by atoms with Crippen LogP contribution in [0.25, 0.3) is 0 Å². The Kier molecular flexibility index (Phi) is 4.65. The average Bonchev–Trinajstić information content (AvgIpc) is 2.61. The summed E-state index contributed by atoms with van der Waals surface area (Å²) in [5, 5.41) is 7.63. The van der Waals surface area contributed by atoms with Crippen molar-refractivity contribution in [2.24, 2.45) is 0 Å². The van der Waals surface area contributed by atoms with E-state index in [1.165, 1.54) is 0 Å². The number of nitrogens with zero attached hydrogens (tertiary/aromatic N) is 5. The summed E-state index contributed by atoms with van der Waals surface area (Å²) in [6, 6.07) is 5.29. The summed E-state index contributed by atoms with van der Waals surface area (Å²) in [6.45, 7) is 1.69. The fraction of sp³-hybridized carbons (Fsp3) is 0.400. The summed E-state index contributed by atoms with van der Waals surface area (Å²) in [6.07, 6.45) is 6.47. The first-order valence-corrected chi connectivity index (χ1v) is 7.26. The van der Waals surface area contributed by atoms with Gasteiger partial charge in [-0.3, -0.25) is 4.79 Å². The van der Waals surface area contributed by atoms with E-state index in [0.29, 0.717) is 25.4 Å². The van der Waals surface area contributed by atoms with Crippen LogP contribution >= 0.6 is 0 Å². The summed E-state index contributed by atoms with van der Waals surface area (Å²) in [5.74, 6) is -0.0940. The molecule has 3 rings (SSSR count). The van der Waals surface area contributed by atoms with Crippen LogP contribution in [0.1, 0.15) is 22.6 Å².